The number of carbonyl (C=O) groups excluding carboxylic acids is 1. The van der Waals surface area contributed by atoms with Gasteiger partial charge in [-0.3, -0.25) is 4.79 Å². The average molecular weight is 397 g/mol. The Balaban J connectivity index is 1.27. The molecule has 1 aliphatic rings. The Morgan fingerprint density at radius 3 is 2.27 bits per heavy atom. The summed E-state index contributed by atoms with van der Waals surface area (Å²) in [5, 5.41) is 12.0. The predicted octanol–water partition coefficient (Wildman–Crippen LogP) is 4.74. The lowest BCUT2D eigenvalue weighted by Gasteiger charge is -2.29. The first-order valence-electron chi connectivity index (χ1n) is 10.2. The zero-order chi connectivity index (χ0) is 20.8. The van der Waals surface area contributed by atoms with E-state index in [1.165, 1.54) is 6.20 Å². The van der Waals surface area contributed by atoms with Crippen molar-refractivity contribution in [2.24, 2.45) is 0 Å². The van der Waals surface area contributed by atoms with E-state index in [0.717, 1.165) is 36.8 Å². The van der Waals surface area contributed by atoms with Gasteiger partial charge >= 0.3 is 0 Å². The molecule has 0 spiro atoms. The highest BCUT2D eigenvalue weighted by Gasteiger charge is 2.24. The van der Waals surface area contributed by atoms with Crippen molar-refractivity contribution in [3.8, 4) is 23.1 Å². The van der Waals surface area contributed by atoms with Gasteiger partial charge in [0, 0.05) is 23.9 Å². The number of ether oxygens (including phenoxy) is 1. The first kappa shape index (κ1) is 19.7. The monoisotopic (exact) mass is 397 g/mol. The van der Waals surface area contributed by atoms with Gasteiger partial charge < -0.3 is 10.1 Å². The summed E-state index contributed by atoms with van der Waals surface area (Å²) in [5.74, 6) is 0.507. The number of rotatable bonds is 5. The molecule has 1 aliphatic carbocycles. The van der Waals surface area contributed by atoms with Crippen LogP contribution in [-0.2, 0) is 0 Å². The zero-order valence-corrected chi connectivity index (χ0v) is 16.6. The van der Waals surface area contributed by atoms with Crippen LogP contribution in [0.25, 0.3) is 11.1 Å². The lowest BCUT2D eigenvalue weighted by Crippen LogP contribution is -2.39. The zero-order valence-electron chi connectivity index (χ0n) is 16.6. The molecule has 1 saturated carbocycles. The molecule has 4 rings (SSSR count). The third-order valence-corrected chi connectivity index (χ3v) is 5.42. The van der Waals surface area contributed by atoms with E-state index in [4.69, 9.17) is 10.00 Å². The number of hydrogen-bond acceptors (Lipinski definition) is 4. The molecule has 1 amide bonds. The highest BCUT2D eigenvalue weighted by molar-refractivity contribution is 5.94. The Morgan fingerprint density at radius 2 is 1.63 bits per heavy atom. The average Bonchev–Trinajstić information content (AvgIpc) is 2.81. The van der Waals surface area contributed by atoms with Crippen molar-refractivity contribution in [2.75, 3.05) is 0 Å². The highest BCUT2D eigenvalue weighted by Crippen LogP contribution is 2.24. The minimum atomic E-state index is -0.0345. The van der Waals surface area contributed by atoms with E-state index in [1.54, 1.807) is 12.1 Å². The molecule has 1 N–H and O–H groups in total. The molecule has 0 unspecified atom stereocenters. The van der Waals surface area contributed by atoms with Gasteiger partial charge in [0.25, 0.3) is 5.91 Å². The van der Waals surface area contributed by atoms with Gasteiger partial charge in [-0.25, -0.2) is 4.98 Å². The molecule has 0 bridgehead atoms. The fourth-order valence-electron chi connectivity index (χ4n) is 3.73. The second kappa shape index (κ2) is 9.23. The maximum atomic E-state index is 12.6. The van der Waals surface area contributed by atoms with Crippen molar-refractivity contribution in [3.05, 3.63) is 84.1 Å². The van der Waals surface area contributed by atoms with Crippen LogP contribution in [0.3, 0.4) is 0 Å². The lowest BCUT2D eigenvalue weighted by molar-refractivity contribution is 0.0890. The number of nitrogens with one attached hydrogen (secondary N) is 1. The Kier molecular flexibility index (Phi) is 6.05. The largest absolute Gasteiger partial charge is 0.474 e. The molecule has 1 fully saturated rings. The maximum absolute atomic E-state index is 12.6. The van der Waals surface area contributed by atoms with Gasteiger partial charge in [0.2, 0.25) is 5.88 Å². The number of nitrogens with zero attached hydrogens (tertiary/aromatic N) is 2. The van der Waals surface area contributed by atoms with E-state index in [0.29, 0.717) is 17.0 Å². The van der Waals surface area contributed by atoms with Crippen molar-refractivity contribution in [2.45, 2.75) is 37.8 Å². The van der Waals surface area contributed by atoms with E-state index in [2.05, 4.69) is 22.4 Å². The van der Waals surface area contributed by atoms with Crippen LogP contribution in [-0.4, -0.2) is 23.0 Å². The topological polar surface area (TPSA) is 75.0 Å². The van der Waals surface area contributed by atoms with Crippen LogP contribution in [0.15, 0.2) is 72.9 Å². The van der Waals surface area contributed by atoms with Crippen LogP contribution >= 0.6 is 0 Å². The summed E-state index contributed by atoms with van der Waals surface area (Å²) in [6.45, 7) is 0. The Bertz CT molecular complexity index is 1020. The van der Waals surface area contributed by atoms with Gasteiger partial charge in [-0.15, -0.1) is 0 Å². The number of nitriles is 1. The van der Waals surface area contributed by atoms with Gasteiger partial charge in [-0.05, 0) is 55.0 Å². The molecule has 0 aliphatic heterocycles. The molecule has 2 aromatic carbocycles. The number of carbonyl (C=O) groups is 1. The minimum Gasteiger partial charge on any atom is -0.474 e. The van der Waals surface area contributed by atoms with Crippen LogP contribution in [0.5, 0.6) is 5.88 Å². The molecule has 5 nitrogen and oxygen atoms in total. The SMILES string of the molecule is N#Cc1ccc(OC2CCC(NC(=O)c3ccc(-c4ccccc4)cc3)CC2)nc1. The molecule has 0 saturated heterocycles. The summed E-state index contributed by atoms with van der Waals surface area (Å²) in [5.41, 5.74) is 3.43. The highest BCUT2D eigenvalue weighted by atomic mass is 16.5. The molecule has 30 heavy (non-hydrogen) atoms. The number of benzene rings is 2. The smallest absolute Gasteiger partial charge is 0.251 e. The summed E-state index contributed by atoms with van der Waals surface area (Å²) in [6, 6.07) is 23.5. The van der Waals surface area contributed by atoms with Crippen LogP contribution in [0.1, 0.15) is 41.6 Å². The maximum Gasteiger partial charge on any atom is 0.251 e. The Hall–Kier alpha value is -3.65. The van der Waals surface area contributed by atoms with E-state index in [-0.39, 0.29) is 18.1 Å². The molecule has 0 radical (unpaired) electrons. The first-order chi connectivity index (χ1) is 14.7. The molecule has 1 aromatic heterocycles. The second-order valence-corrected chi connectivity index (χ2v) is 7.51. The van der Waals surface area contributed by atoms with Crippen LogP contribution in [0, 0.1) is 11.3 Å². The van der Waals surface area contributed by atoms with E-state index >= 15 is 0 Å². The van der Waals surface area contributed by atoms with Crippen LogP contribution in [0.2, 0.25) is 0 Å². The summed E-state index contributed by atoms with van der Waals surface area (Å²) < 4.78 is 5.91. The Morgan fingerprint density at radius 1 is 0.933 bits per heavy atom. The van der Waals surface area contributed by atoms with Gasteiger partial charge in [0.05, 0.1) is 5.56 Å². The van der Waals surface area contributed by atoms with E-state index in [9.17, 15) is 4.79 Å². The van der Waals surface area contributed by atoms with Crippen molar-refractivity contribution in [3.63, 3.8) is 0 Å². The van der Waals surface area contributed by atoms with Gasteiger partial charge in [0.1, 0.15) is 12.2 Å². The second-order valence-electron chi connectivity index (χ2n) is 7.51. The molecule has 1 heterocycles. The van der Waals surface area contributed by atoms with Gasteiger partial charge in [0.15, 0.2) is 0 Å². The van der Waals surface area contributed by atoms with E-state index < -0.39 is 0 Å². The summed E-state index contributed by atoms with van der Waals surface area (Å²) in [4.78, 5) is 16.8. The van der Waals surface area contributed by atoms with Crippen molar-refractivity contribution in [1.29, 1.82) is 5.26 Å². The summed E-state index contributed by atoms with van der Waals surface area (Å²) in [6.07, 6.45) is 5.07. The summed E-state index contributed by atoms with van der Waals surface area (Å²) >= 11 is 0. The van der Waals surface area contributed by atoms with Gasteiger partial charge in [-0.1, -0.05) is 42.5 Å². The molecular formula is C25H23N3O2. The van der Waals surface area contributed by atoms with E-state index in [1.807, 2.05) is 48.5 Å². The normalized spacial score (nSPS) is 18.2. The number of pyridine rings is 1. The first-order valence-corrected chi connectivity index (χ1v) is 10.2. The van der Waals surface area contributed by atoms with Crippen molar-refractivity contribution < 1.29 is 9.53 Å². The molecular weight excluding hydrogens is 374 g/mol. The molecule has 5 heteroatoms. The van der Waals surface area contributed by atoms with Crippen molar-refractivity contribution in [1.82, 2.24) is 10.3 Å². The van der Waals surface area contributed by atoms with Gasteiger partial charge in [-0.2, -0.15) is 5.26 Å². The summed E-state index contributed by atoms with van der Waals surface area (Å²) in [7, 11) is 0. The number of hydrogen-bond donors (Lipinski definition) is 1. The molecule has 150 valence electrons. The lowest BCUT2D eigenvalue weighted by atomic mass is 9.92. The quantitative estimate of drug-likeness (QED) is 0.675. The fourth-order valence-corrected chi connectivity index (χ4v) is 3.73. The number of aromatic nitrogens is 1. The standard InChI is InChI=1S/C25H23N3O2/c26-16-18-6-15-24(27-17-18)30-23-13-11-22(12-14-23)28-25(29)21-9-7-20(8-10-21)19-4-2-1-3-5-19/h1-10,15,17,22-23H,11-14H2,(H,28,29). The minimum absolute atomic E-state index is 0.0345. The molecule has 3 aromatic rings. The number of amides is 1. The predicted molar refractivity (Wildman–Crippen MR) is 115 cm³/mol. The molecule has 0 atom stereocenters. The van der Waals surface area contributed by atoms with Crippen LogP contribution in [0.4, 0.5) is 0 Å². The van der Waals surface area contributed by atoms with Crippen molar-refractivity contribution >= 4 is 5.91 Å². The third-order valence-electron chi connectivity index (χ3n) is 5.42. The van der Waals surface area contributed by atoms with Crippen LogP contribution < -0.4 is 10.1 Å². The fraction of sp³-hybridized carbons (Fsp3) is 0.240. The third kappa shape index (κ3) is 4.84. The Labute approximate surface area is 176 Å².